The zero-order chi connectivity index (χ0) is 22.7. The lowest BCUT2D eigenvalue weighted by Crippen LogP contribution is -2.32. The van der Waals surface area contributed by atoms with Gasteiger partial charge >= 0.3 is 0 Å². The highest BCUT2D eigenvalue weighted by Crippen LogP contribution is 2.23. The lowest BCUT2D eigenvalue weighted by atomic mass is 10.0. The number of benzene rings is 3. The minimum atomic E-state index is -0.941. The van der Waals surface area contributed by atoms with E-state index < -0.39 is 23.3 Å². The standard InChI is InChI=1S/C26H22F4O2/c1-2-16-14-31-25(32-15-16)10-5-18-12-23(28)21(24(29)13-18)8-4-17-3-7-20-19(11-17)6-9-22(27)26(20)30/h3,6-7,9,11-13,16,25H,2,5,10,14-15H2,1H3. The van der Waals surface area contributed by atoms with E-state index in [1.165, 1.54) is 30.3 Å². The molecule has 1 heterocycles. The molecule has 0 bridgehead atoms. The zero-order valence-electron chi connectivity index (χ0n) is 17.6. The second kappa shape index (κ2) is 9.72. The summed E-state index contributed by atoms with van der Waals surface area (Å²) in [6.45, 7) is 3.35. The van der Waals surface area contributed by atoms with Gasteiger partial charge in [-0.3, -0.25) is 0 Å². The first kappa shape index (κ1) is 22.3. The quantitative estimate of drug-likeness (QED) is 0.358. The van der Waals surface area contributed by atoms with Crippen molar-refractivity contribution in [3.63, 3.8) is 0 Å². The van der Waals surface area contributed by atoms with Crippen molar-refractivity contribution in [2.45, 2.75) is 32.5 Å². The molecule has 0 unspecified atom stereocenters. The number of rotatable bonds is 4. The maximum atomic E-state index is 14.5. The molecule has 0 saturated carbocycles. The molecule has 166 valence electrons. The average molecular weight is 442 g/mol. The second-order valence-electron chi connectivity index (χ2n) is 7.89. The number of hydrogen-bond donors (Lipinski definition) is 0. The third kappa shape index (κ3) is 4.95. The van der Waals surface area contributed by atoms with Crippen LogP contribution < -0.4 is 0 Å². The van der Waals surface area contributed by atoms with Crippen LogP contribution in [0.25, 0.3) is 10.8 Å². The molecule has 2 nitrogen and oxygen atoms in total. The summed E-state index contributed by atoms with van der Waals surface area (Å²) in [4.78, 5) is 0. The van der Waals surface area contributed by atoms with E-state index in [1.54, 1.807) is 6.07 Å². The van der Waals surface area contributed by atoms with Gasteiger partial charge < -0.3 is 9.47 Å². The van der Waals surface area contributed by atoms with Gasteiger partial charge in [0, 0.05) is 23.3 Å². The number of aryl methyl sites for hydroxylation is 1. The Morgan fingerprint density at radius 1 is 0.875 bits per heavy atom. The highest BCUT2D eigenvalue weighted by molar-refractivity contribution is 5.84. The van der Waals surface area contributed by atoms with Crippen molar-refractivity contribution in [1.29, 1.82) is 0 Å². The second-order valence-corrected chi connectivity index (χ2v) is 7.89. The first-order valence-corrected chi connectivity index (χ1v) is 10.6. The van der Waals surface area contributed by atoms with E-state index in [0.29, 0.717) is 48.5 Å². The molecule has 0 aromatic heterocycles. The van der Waals surface area contributed by atoms with Gasteiger partial charge in [0.15, 0.2) is 17.9 Å². The normalized spacial score (nSPS) is 18.4. The smallest absolute Gasteiger partial charge is 0.166 e. The van der Waals surface area contributed by atoms with Gasteiger partial charge in [-0.2, -0.15) is 0 Å². The van der Waals surface area contributed by atoms with Crippen molar-refractivity contribution in [3.05, 3.63) is 82.4 Å². The van der Waals surface area contributed by atoms with Gasteiger partial charge in [0.25, 0.3) is 0 Å². The van der Waals surface area contributed by atoms with Crippen LogP contribution in [-0.2, 0) is 15.9 Å². The van der Waals surface area contributed by atoms with Crippen LogP contribution in [0.3, 0.4) is 0 Å². The molecule has 0 aliphatic carbocycles. The summed E-state index contributed by atoms with van der Waals surface area (Å²) in [5.41, 5.74) is 0.594. The maximum absolute atomic E-state index is 14.5. The minimum absolute atomic E-state index is 0.119. The molecule has 3 aromatic rings. The molecule has 0 radical (unpaired) electrons. The van der Waals surface area contributed by atoms with E-state index in [4.69, 9.17) is 9.47 Å². The summed E-state index contributed by atoms with van der Waals surface area (Å²) < 4.78 is 67.5. The van der Waals surface area contributed by atoms with Crippen LogP contribution in [0.5, 0.6) is 0 Å². The summed E-state index contributed by atoms with van der Waals surface area (Å²) in [5.74, 6) is 2.22. The topological polar surface area (TPSA) is 18.5 Å². The number of halogens is 4. The summed E-state index contributed by atoms with van der Waals surface area (Å²) in [7, 11) is 0. The molecule has 4 rings (SSSR count). The molecule has 1 fully saturated rings. The molecule has 1 aliphatic heterocycles. The van der Waals surface area contributed by atoms with Crippen molar-refractivity contribution in [2.75, 3.05) is 13.2 Å². The Hall–Kier alpha value is -2.88. The third-order valence-corrected chi connectivity index (χ3v) is 5.62. The summed E-state index contributed by atoms with van der Waals surface area (Å²) in [6.07, 6.45) is 1.54. The van der Waals surface area contributed by atoms with E-state index in [2.05, 4.69) is 18.8 Å². The molecular weight excluding hydrogens is 420 g/mol. The molecule has 0 amide bonds. The van der Waals surface area contributed by atoms with Crippen LogP contribution in [0.2, 0.25) is 0 Å². The molecule has 1 aliphatic rings. The Labute approximate surface area is 184 Å². The molecule has 1 saturated heterocycles. The SMILES string of the molecule is CCC1COC(CCc2cc(F)c(C#Cc3ccc4c(F)c(F)ccc4c3)c(F)c2)OC1. The Bertz CT molecular complexity index is 1160. The van der Waals surface area contributed by atoms with Crippen molar-refractivity contribution < 1.29 is 27.0 Å². The van der Waals surface area contributed by atoms with E-state index in [0.717, 1.165) is 12.5 Å². The van der Waals surface area contributed by atoms with Gasteiger partial charge in [0.2, 0.25) is 0 Å². The van der Waals surface area contributed by atoms with E-state index >= 15 is 0 Å². The first-order valence-electron chi connectivity index (χ1n) is 10.6. The Kier molecular flexibility index (Phi) is 6.78. The van der Waals surface area contributed by atoms with Gasteiger partial charge in [-0.15, -0.1) is 0 Å². The molecular formula is C26H22F4O2. The lowest BCUT2D eigenvalue weighted by molar-refractivity contribution is -0.202. The highest BCUT2D eigenvalue weighted by atomic mass is 19.2. The van der Waals surface area contributed by atoms with Crippen LogP contribution in [0, 0.1) is 41.0 Å². The fourth-order valence-corrected chi connectivity index (χ4v) is 3.64. The van der Waals surface area contributed by atoms with Crippen molar-refractivity contribution >= 4 is 10.8 Å². The predicted octanol–water partition coefficient (Wildman–Crippen LogP) is 6.13. The average Bonchev–Trinajstić information content (AvgIpc) is 2.80. The molecule has 0 N–H and O–H groups in total. The molecule has 32 heavy (non-hydrogen) atoms. The highest BCUT2D eigenvalue weighted by Gasteiger charge is 2.21. The van der Waals surface area contributed by atoms with E-state index in [1.807, 2.05) is 0 Å². The van der Waals surface area contributed by atoms with Gasteiger partial charge in [0.05, 0.1) is 18.8 Å². The van der Waals surface area contributed by atoms with Crippen LogP contribution in [0.15, 0.2) is 42.5 Å². The number of fused-ring (bicyclic) bond motifs is 1. The minimum Gasteiger partial charge on any atom is -0.352 e. The fraction of sp³-hybridized carbons (Fsp3) is 0.308. The maximum Gasteiger partial charge on any atom is 0.166 e. The lowest BCUT2D eigenvalue weighted by Gasteiger charge is -2.28. The number of hydrogen-bond acceptors (Lipinski definition) is 2. The number of ether oxygens (including phenoxy) is 2. The van der Waals surface area contributed by atoms with Crippen LogP contribution in [-0.4, -0.2) is 19.5 Å². The van der Waals surface area contributed by atoms with Crippen molar-refractivity contribution in [1.82, 2.24) is 0 Å². The first-order chi connectivity index (χ1) is 15.4. The Morgan fingerprint density at radius 2 is 1.59 bits per heavy atom. The molecule has 3 aromatic carbocycles. The van der Waals surface area contributed by atoms with Crippen LogP contribution in [0.4, 0.5) is 17.6 Å². The largest absolute Gasteiger partial charge is 0.352 e. The third-order valence-electron chi connectivity index (χ3n) is 5.62. The van der Waals surface area contributed by atoms with Crippen LogP contribution >= 0.6 is 0 Å². The van der Waals surface area contributed by atoms with Crippen molar-refractivity contribution in [3.8, 4) is 11.8 Å². The van der Waals surface area contributed by atoms with Gasteiger partial charge in [0.1, 0.15) is 11.6 Å². The molecule has 6 heteroatoms. The Balaban J connectivity index is 1.47. The predicted molar refractivity (Wildman–Crippen MR) is 114 cm³/mol. The van der Waals surface area contributed by atoms with Gasteiger partial charge in [-0.05, 0) is 54.1 Å². The summed E-state index contributed by atoms with van der Waals surface area (Å²) in [6, 6.07) is 9.41. The van der Waals surface area contributed by atoms with E-state index in [9.17, 15) is 17.6 Å². The summed E-state index contributed by atoms with van der Waals surface area (Å²) in [5, 5.41) is 0.567. The monoisotopic (exact) mass is 442 g/mol. The fourth-order valence-electron chi connectivity index (χ4n) is 3.64. The Morgan fingerprint density at radius 3 is 2.28 bits per heavy atom. The molecule has 0 atom stereocenters. The van der Waals surface area contributed by atoms with Crippen LogP contribution in [0.1, 0.15) is 36.5 Å². The zero-order valence-corrected chi connectivity index (χ0v) is 17.6. The van der Waals surface area contributed by atoms with Crippen molar-refractivity contribution in [2.24, 2.45) is 5.92 Å². The van der Waals surface area contributed by atoms with Gasteiger partial charge in [-0.25, -0.2) is 17.6 Å². The van der Waals surface area contributed by atoms with E-state index in [-0.39, 0.29) is 17.2 Å². The summed E-state index contributed by atoms with van der Waals surface area (Å²) >= 11 is 0. The van der Waals surface area contributed by atoms with Gasteiger partial charge in [-0.1, -0.05) is 30.9 Å². The molecule has 0 spiro atoms.